The van der Waals surface area contributed by atoms with E-state index in [1.54, 1.807) is 18.2 Å². The fraction of sp³-hybridized carbons (Fsp3) is 0.650. The Labute approximate surface area is 150 Å². The minimum atomic E-state index is -3.42. The highest BCUT2D eigenvalue weighted by Gasteiger charge is 2.53. The second-order valence-corrected chi connectivity index (χ2v) is 10.7. The van der Waals surface area contributed by atoms with E-state index < -0.39 is 9.84 Å². The summed E-state index contributed by atoms with van der Waals surface area (Å²) in [4.78, 5) is 13.0. The standard InChI is InChI=1S/C20H27NO3S/c1-13(20-10-14-7-15(11-20)9-16(8-14)12-20)21-19(22)17-5-3-4-6-18(17)25(2,23)24/h3-6,13-16H,7-12H2,1-2H3,(H,21,22)/t13-,14?,15?,16?,20?/m0/s1. The van der Waals surface area contributed by atoms with Crippen molar-refractivity contribution >= 4 is 15.7 Å². The van der Waals surface area contributed by atoms with Crippen molar-refractivity contribution in [2.24, 2.45) is 23.2 Å². The molecule has 4 fully saturated rings. The van der Waals surface area contributed by atoms with E-state index in [2.05, 4.69) is 12.2 Å². The molecule has 1 N–H and O–H groups in total. The van der Waals surface area contributed by atoms with E-state index >= 15 is 0 Å². The van der Waals surface area contributed by atoms with Gasteiger partial charge in [0.1, 0.15) is 0 Å². The van der Waals surface area contributed by atoms with Crippen molar-refractivity contribution in [2.45, 2.75) is 56.4 Å². The van der Waals surface area contributed by atoms with Gasteiger partial charge in [-0.1, -0.05) is 12.1 Å². The number of benzene rings is 1. The summed E-state index contributed by atoms with van der Waals surface area (Å²) in [7, 11) is -3.42. The Morgan fingerprint density at radius 1 is 1.08 bits per heavy atom. The van der Waals surface area contributed by atoms with Crippen LogP contribution in [0.3, 0.4) is 0 Å². The Balaban J connectivity index is 1.56. The second-order valence-electron chi connectivity index (χ2n) is 8.74. The van der Waals surface area contributed by atoms with Gasteiger partial charge in [-0.25, -0.2) is 8.42 Å². The first-order chi connectivity index (χ1) is 11.8. The molecule has 136 valence electrons. The van der Waals surface area contributed by atoms with Crippen LogP contribution in [0.15, 0.2) is 29.2 Å². The summed E-state index contributed by atoms with van der Waals surface area (Å²) in [5.74, 6) is 2.22. The Bertz CT molecular complexity index is 764. The number of rotatable bonds is 4. The van der Waals surface area contributed by atoms with Crippen LogP contribution in [-0.4, -0.2) is 26.6 Å². The van der Waals surface area contributed by atoms with Gasteiger partial charge in [-0.05, 0) is 80.8 Å². The lowest BCUT2D eigenvalue weighted by atomic mass is 9.48. The molecule has 0 saturated heterocycles. The normalized spacial score (nSPS) is 34.7. The molecule has 1 aromatic carbocycles. The molecule has 4 saturated carbocycles. The molecule has 4 bridgehead atoms. The summed E-state index contributed by atoms with van der Waals surface area (Å²) in [6.07, 6.45) is 8.92. The molecule has 4 aliphatic rings. The minimum absolute atomic E-state index is 0.0843. The van der Waals surface area contributed by atoms with E-state index in [0.29, 0.717) is 0 Å². The Morgan fingerprint density at radius 2 is 1.60 bits per heavy atom. The second kappa shape index (κ2) is 5.83. The molecular weight excluding hydrogens is 334 g/mol. The van der Waals surface area contributed by atoms with E-state index in [1.165, 1.54) is 44.6 Å². The topological polar surface area (TPSA) is 63.2 Å². The molecule has 0 radical (unpaired) electrons. The third-order valence-corrected chi connectivity index (χ3v) is 8.04. The fourth-order valence-electron chi connectivity index (χ4n) is 6.11. The molecule has 4 nitrogen and oxygen atoms in total. The van der Waals surface area contributed by atoms with E-state index in [-0.39, 0.29) is 27.8 Å². The highest BCUT2D eigenvalue weighted by molar-refractivity contribution is 7.90. The quantitative estimate of drug-likeness (QED) is 0.894. The fourth-order valence-corrected chi connectivity index (χ4v) is 7.00. The summed E-state index contributed by atoms with van der Waals surface area (Å²) >= 11 is 0. The van der Waals surface area contributed by atoms with Gasteiger partial charge in [0.2, 0.25) is 0 Å². The van der Waals surface area contributed by atoms with Gasteiger partial charge in [-0.3, -0.25) is 4.79 Å². The number of nitrogens with one attached hydrogen (secondary N) is 1. The van der Waals surface area contributed by atoms with Crippen molar-refractivity contribution in [3.05, 3.63) is 29.8 Å². The molecule has 0 unspecified atom stereocenters. The Hall–Kier alpha value is -1.36. The van der Waals surface area contributed by atoms with Crippen molar-refractivity contribution in [3.63, 3.8) is 0 Å². The zero-order valence-electron chi connectivity index (χ0n) is 15.0. The summed E-state index contributed by atoms with van der Waals surface area (Å²) < 4.78 is 24.0. The molecule has 5 heteroatoms. The van der Waals surface area contributed by atoms with Crippen LogP contribution < -0.4 is 5.32 Å². The molecular formula is C20H27NO3S. The largest absolute Gasteiger partial charge is 0.349 e. The van der Waals surface area contributed by atoms with E-state index in [0.717, 1.165) is 24.0 Å². The number of carbonyl (C=O) groups is 1. The molecule has 0 aromatic heterocycles. The van der Waals surface area contributed by atoms with Crippen LogP contribution in [0.5, 0.6) is 0 Å². The summed E-state index contributed by atoms with van der Waals surface area (Å²) in [5.41, 5.74) is 0.478. The molecule has 1 aromatic rings. The first kappa shape index (κ1) is 17.1. The van der Waals surface area contributed by atoms with Crippen molar-refractivity contribution in [3.8, 4) is 0 Å². The number of amides is 1. The van der Waals surface area contributed by atoms with Gasteiger partial charge in [0.05, 0.1) is 10.5 Å². The Morgan fingerprint density at radius 3 is 2.12 bits per heavy atom. The van der Waals surface area contributed by atoms with Gasteiger partial charge in [-0.15, -0.1) is 0 Å². The van der Waals surface area contributed by atoms with Gasteiger partial charge < -0.3 is 5.32 Å². The summed E-state index contributed by atoms with van der Waals surface area (Å²) in [6.45, 7) is 2.12. The van der Waals surface area contributed by atoms with Crippen LogP contribution in [-0.2, 0) is 9.84 Å². The summed E-state index contributed by atoms with van der Waals surface area (Å²) in [5, 5.41) is 3.16. The lowest BCUT2D eigenvalue weighted by Gasteiger charge is -2.59. The van der Waals surface area contributed by atoms with E-state index in [1.807, 2.05) is 0 Å². The minimum Gasteiger partial charge on any atom is -0.349 e. The van der Waals surface area contributed by atoms with Crippen LogP contribution in [0.25, 0.3) is 0 Å². The van der Waals surface area contributed by atoms with Gasteiger partial charge >= 0.3 is 0 Å². The van der Waals surface area contributed by atoms with E-state index in [4.69, 9.17) is 0 Å². The van der Waals surface area contributed by atoms with Gasteiger partial charge in [0.25, 0.3) is 5.91 Å². The monoisotopic (exact) mass is 361 g/mol. The third-order valence-electron chi connectivity index (χ3n) is 6.88. The first-order valence-corrected chi connectivity index (χ1v) is 11.3. The SMILES string of the molecule is C[C@H](NC(=O)c1ccccc1S(C)(=O)=O)C12CC3CC(CC(C3)C1)C2. The number of carbonyl (C=O) groups excluding carboxylic acids is 1. The number of hydrogen-bond acceptors (Lipinski definition) is 3. The van der Waals surface area contributed by atoms with Crippen molar-refractivity contribution < 1.29 is 13.2 Å². The van der Waals surface area contributed by atoms with Crippen molar-refractivity contribution in [1.29, 1.82) is 0 Å². The first-order valence-electron chi connectivity index (χ1n) is 9.37. The molecule has 1 amide bonds. The lowest BCUT2D eigenvalue weighted by molar-refractivity contribution is -0.0688. The molecule has 5 rings (SSSR count). The van der Waals surface area contributed by atoms with Crippen LogP contribution in [0, 0.1) is 23.2 Å². The van der Waals surface area contributed by atoms with Crippen molar-refractivity contribution in [2.75, 3.05) is 6.26 Å². The molecule has 0 heterocycles. The maximum absolute atomic E-state index is 12.8. The molecule has 0 spiro atoms. The van der Waals surface area contributed by atoms with Crippen LogP contribution >= 0.6 is 0 Å². The highest BCUT2D eigenvalue weighted by Crippen LogP contribution is 2.61. The number of sulfone groups is 1. The maximum Gasteiger partial charge on any atom is 0.252 e. The third kappa shape index (κ3) is 3.01. The zero-order valence-corrected chi connectivity index (χ0v) is 15.8. The molecule has 25 heavy (non-hydrogen) atoms. The maximum atomic E-state index is 12.8. The van der Waals surface area contributed by atoms with Gasteiger partial charge in [-0.2, -0.15) is 0 Å². The average Bonchev–Trinajstić information content (AvgIpc) is 2.52. The van der Waals surface area contributed by atoms with E-state index in [9.17, 15) is 13.2 Å². The highest BCUT2D eigenvalue weighted by atomic mass is 32.2. The van der Waals surface area contributed by atoms with Crippen LogP contribution in [0.1, 0.15) is 55.8 Å². The zero-order chi connectivity index (χ0) is 17.8. The molecule has 4 aliphatic carbocycles. The molecule has 0 aliphatic heterocycles. The van der Waals surface area contributed by atoms with Gasteiger partial charge in [0.15, 0.2) is 9.84 Å². The van der Waals surface area contributed by atoms with Crippen LogP contribution in [0.2, 0.25) is 0 Å². The van der Waals surface area contributed by atoms with Crippen molar-refractivity contribution in [1.82, 2.24) is 5.32 Å². The smallest absolute Gasteiger partial charge is 0.252 e. The van der Waals surface area contributed by atoms with Crippen LogP contribution in [0.4, 0.5) is 0 Å². The average molecular weight is 362 g/mol. The van der Waals surface area contributed by atoms with Gasteiger partial charge in [0, 0.05) is 12.3 Å². The predicted octanol–water partition coefficient (Wildman–Crippen LogP) is 3.42. The Kier molecular flexibility index (Phi) is 3.98. The number of hydrogen-bond donors (Lipinski definition) is 1. The molecule has 1 atom stereocenters. The predicted molar refractivity (Wildman–Crippen MR) is 97.1 cm³/mol. The summed E-state index contributed by atoms with van der Waals surface area (Å²) in [6, 6.07) is 6.59. The lowest BCUT2D eigenvalue weighted by Crippen LogP contribution is -2.55.